The van der Waals surface area contributed by atoms with Crippen LogP contribution in [0.25, 0.3) is 0 Å². The highest BCUT2D eigenvalue weighted by Gasteiger charge is 2.35. The van der Waals surface area contributed by atoms with E-state index in [-0.39, 0.29) is 17.8 Å². The molecule has 2 atom stereocenters. The molecular formula is C11H24ClN3O3S. The molecule has 2 aliphatic heterocycles. The fourth-order valence-corrected chi connectivity index (χ4v) is 3.82. The number of aliphatic hydroxyl groups is 1. The van der Waals surface area contributed by atoms with Crippen LogP contribution in [0.5, 0.6) is 0 Å². The SMILES string of the molecule is CC1(C)CCN(S(=O)(=O)N[C@@H]2CNC[C@H]2O)CC1.Cl. The van der Waals surface area contributed by atoms with Crippen LogP contribution in [0.4, 0.5) is 0 Å². The Morgan fingerprint density at radius 2 is 1.84 bits per heavy atom. The Hall–Kier alpha value is 0.0800. The van der Waals surface area contributed by atoms with Crippen LogP contribution >= 0.6 is 12.4 Å². The van der Waals surface area contributed by atoms with Crippen molar-refractivity contribution in [1.82, 2.24) is 14.3 Å². The Bertz CT molecular complexity index is 392. The van der Waals surface area contributed by atoms with Crippen LogP contribution < -0.4 is 10.0 Å². The van der Waals surface area contributed by atoms with Crippen LogP contribution in [0.2, 0.25) is 0 Å². The molecule has 0 bridgehead atoms. The van der Waals surface area contributed by atoms with Crippen molar-refractivity contribution in [3.8, 4) is 0 Å². The van der Waals surface area contributed by atoms with Gasteiger partial charge in [0, 0.05) is 26.2 Å². The molecule has 0 aliphatic carbocycles. The van der Waals surface area contributed by atoms with Gasteiger partial charge in [0.05, 0.1) is 12.1 Å². The summed E-state index contributed by atoms with van der Waals surface area (Å²) in [5, 5.41) is 12.6. The fourth-order valence-electron chi connectivity index (χ4n) is 2.38. The molecule has 19 heavy (non-hydrogen) atoms. The number of nitrogens with zero attached hydrogens (tertiary/aromatic N) is 1. The molecule has 0 amide bonds. The molecule has 2 saturated heterocycles. The monoisotopic (exact) mass is 313 g/mol. The number of hydrogen-bond donors (Lipinski definition) is 3. The van der Waals surface area contributed by atoms with Crippen molar-refractivity contribution >= 4 is 22.6 Å². The molecule has 2 aliphatic rings. The van der Waals surface area contributed by atoms with Gasteiger partial charge in [0.25, 0.3) is 10.2 Å². The minimum Gasteiger partial charge on any atom is -0.390 e. The molecular weight excluding hydrogens is 290 g/mol. The average molecular weight is 314 g/mol. The summed E-state index contributed by atoms with van der Waals surface area (Å²) in [4.78, 5) is 0. The number of β-amino-alcohol motifs (C(OH)–C–C–N with tert-alkyl or cyclic N) is 1. The van der Waals surface area contributed by atoms with Gasteiger partial charge in [0.15, 0.2) is 0 Å². The lowest BCUT2D eigenvalue weighted by molar-refractivity contribution is 0.167. The Morgan fingerprint density at radius 3 is 2.32 bits per heavy atom. The Balaban J connectivity index is 0.00000180. The maximum Gasteiger partial charge on any atom is 0.279 e. The predicted molar refractivity (Wildman–Crippen MR) is 76.6 cm³/mol. The molecule has 8 heteroatoms. The minimum absolute atomic E-state index is 0. The number of hydrogen-bond acceptors (Lipinski definition) is 4. The molecule has 2 rings (SSSR count). The smallest absolute Gasteiger partial charge is 0.279 e. The van der Waals surface area contributed by atoms with E-state index in [4.69, 9.17) is 0 Å². The quantitative estimate of drug-likeness (QED) is 0.668. The maximum atomic E-state index is 12.2. The number of halogens is 1. The van der Waals surface area contributed by atoms with Crippen molar-refractivity contribution in [2.24, 2.45) is 5.41 Å². The summed E-state index contributed by atoms with van der Waals surface area (Å²) < 4.78 is 28.4. The zero-order chi connectivity index (χ0) is 13.4. The van der Waals surface area contributed by atoms with Crippen LogP contribution in [-0.2, 0) is 10.2 Å². The zero-order valence-electron chi connectivity index (χ0n) is 11.4. The van der Waals surface area contributed by atoms with Crippen LogP contribution in [0, 0.1) is 5.41 Å². The van der Waals surface area contributed by atoms with Crippen molar-refractivity contribution in [1.29, 1.82) is 0 Å². The molecule has 114 valence electrons. The number of aliphatic hydroxyl groups excluding tert-OH is 1. The summed E-state index contributed by atoms with van der Waals surface area (Å²) in [5.74, 6) is 0. The third-order valence-corrected chi connectivity index (χ3v) is 5.54. The van der Waals surface area contributed by atoms with Gasteiger partial charge >= 0.3 is 0 Å². The number of piperidine rings is 1. The van der Waals surface area contributed by atoms with Gasteiger partial charge < -0.3 is 10.4 Å². The van der Waals surface area contributed by atoms with E-state index in [1.165, 1.54) is 4.31 Å². The molecule has 0 aromatic heterocycles. The molecule has 0 saturated carbocycles. The number of rotatable bonds is 3. The highest BCUT2D eigenvalue weighted by Crippen LogP contribution is 2.30. The molecule has 6 nitrogen and oxygen atoms in total. The molecule has 0 aromatic rings. The molecule has 0 unspecified atom stereocenters. The van der Waals surface area contributed by atoms with Crippen molar-refractivity contribution in [2.75, 3.05) is 26.2 Å². The molecule has 2 fully saturated rings. The molecule has 0 radical (unpaired) electrons. The first kappa shape index (κ1) is 17.1. The van der Waals surface area contributed by atoms with Gasteiger partial charge in [-0.3, -0.25) is 0 Å². The third-order valence-electron chi connectivity index (χ3n) is 3.90. The van der Waals surface area contributed by atoms with Gasteiger partial charge in [-0.2, -0.15) is 17.4 Å². The summed E-state index contributed by atoms with van der Waals surface area (Å²) in [5.41, 5.74) is 0.223. The van der Waals surface area contributed by atoms with E-state index in [1.54, 1.807) is 0 Å². The standard InChI is InChI=1S/C11H23N3O3S.ClH/c1-11(2)3-5-14(6-4-11)18(16,17)13-9-7-12-8-10(9)15;/h9-10,12-13,15H,3-8H2,1-2H3;1H/t9-,10-;/m1./s1. The largest absolute Gasteiger partial charge is 0.390 e. The van der Waals surface area contributed by atoms with E-state index in [9.17, 15) is 13.5 Å². The summed E-state index contributed by atoms with van der Waals surface area (Å²) in [6.07, 6.45) is 1.11. The van der Waals surface area contributed by atoms with Crippen LogP contribution in [0.1, 0.15) is 26.7 Å². The first-order valence-corrected chi connectivity index (χ1v) is 7.90. The van der Waals surface area contributed by atoms with Gasteiger partial charge in [-0.1, -0.05) is 13.8 Å². The summed E-state index contributed by atoms with van der Waals surface area (Å²) >= 11 is 0. The van der Waals surface area contributed by atoms with E-state index in [0.29, 0.717) is 26.2 Å². The summed E-state index contributed by atoms with van der Waals surface area (Å²) in [7, 11) is -3.47. The normalized spacial score (nSPS) is 31.9. The first-order chi connectivity index (χ1) is 8.30. The fraction of sp³-hybridized carbons (Fsp3) is 1.00. The molecule has 0 spiro atoms. The van der Waals surface area contributed by atoms with Gasteiger partial charge in [0.2, 0.25) is 0 Å². The highest BCUT2D eigenvalue weighted by molar-refractivity contribution is 7.87. The van der Waals surface area contributed by atoms with Crippen molar-refractivity contribution in [2.45, 2.75) is 38.8 Å². The van der Waals surface area contributed by atoms with Crippen molar-refractivity contribution < 1.29 is 13.5 Å². The minimum atomic E-state index is -3.47. The van der Waals surface area contributed by atoms with E-state index >= 15 is 0 Å². The maximum absolute atomic E-state index is 12.2. The van der Waals surface area contributed by atoms with E-state index < -0.39 is 22.4 Å². The second-order valence-electron chi connectivity index (χ2n) is 6.02. The second kappa shape index (κ2) is 6.24. The van der Waals surface area contributed by atoms with E-state index in [2.05, 4.69) is 23.9 Å². The second-order valence-corrected chi connectivity index (χ2v) is 7.72. The summed E-state index contributed by atoms with van der Waals surface area (Å²) in [6, 6.07) is -0.412. The molecule has 3 N–H and O–H groups in total. The Labute approximate surface area is 121 Å². The predicted octanol–water partition coefficient (Wildman–Crippen LogP) is -0.303. The van der Waals surface area contributed by atoms with Gasteiger partial charge in [-0.05, 0) is 18.3 Å². The van der Waals surface area contributed by atoms with E-state index in [0.717, 1.165) is 12.8 Å². The lowest BCUT2D eigenvalue weighted by atomic mass is 9.83. The lowest BCUT2D eigenvalue weighted by Crippen LogP contribution is -2.52. The van der Waals surface area contributed by atoms with Crippen LogP contribution in [0.3, 0.4) is 0 Å². The van der Waals surface area contributed by atoms with Crippen molar-refractivity contribution in [3.63, 3.8) is 0 Å². The van der Waals surface area contributed by atoms with Crippen LogP contribution in [-0.4, -0.2) is 56.2 Å². The number of nitrogens with one attached hydrogen (secondary N) is 2. The Kier molecular flexibility index (Phi) is 5.62. The van der Waals surface area contributed by atoms with Gasteiger partial charge in [-0.25, -0.2) is 0 Å². The summed E-state index contributed by atoms with van der Waals surface area (Å²) in [6.45, 7) is 6.36. The third kappa shape index (κ3) is 4.27. The molecule has 2 heterocycles. The first-order valence-electron chi connectivity index (χ1n) is 6.46. The zero-order valence-corrected chi connectivity index (χ0v) is 13.1. The average Bonchev–Trinajstić information content (AvgIpc) is 2.63. The topological polar surface area (TPSA) is 81.7 Å². The Morgan fingerprint density at radius 1 is 1.26 bits per heavy atom. The highest BCUT2D eigenvalue weighted by atomic mass is 35.5. The van der Waals surface area contributed by atoms with Crippen LogP contribution in [0.15, 0.2) is 0 Å². The van der Waals surface area contributed by atoms with Crippen molar-refractivity contribution in [3.05, 3.63) is 0 Å². The molecule has 0 aromatic carbocycles. The van der Waals surface area contributed by atoms with Gasteiger partial charge in [0.1, 0.15) is 0 Å². The lowest BCUT2D eigenvalue weighted by Gasteiger charge is -2.36. The van der Waals surface area contributed by atoms with Gasteiger partial charge in [-0.15, -0.1) is 12.4 Å². The van der Waals surface area contributed by atoms with E-state index in [1.807, 2.05) is 0 Å².